The van der Waals surface area contributed by atoms with Gasteiger partial charge in [-0.25, -0.2) is 4.79 Å². The van der Waals surface area contributed by atoms with E-state index in [1.54, 1.807) is 14.2 Å². The summed E-state index contributed by atoms with van der Waals surface area (Å²) in [5, 5.41) is 3.02. The van der Waals surface area contributed by atoms with E-state index in [0.717, 1.165) is 53.7 Å². The van der Waals surface area contributed by atoms with E-state index in [0.29, 0.717) is 5.75 Å². The van der Waals surface area contributed by atoms with E-state index in [4.69, 9.17) is 9.47 Å². The van der Waals surface area contributed by atoms with Crippen molar-refractivity contribution in [2.45, 2.75) is 38.6 Å². The number of nitrogens with one attached hydrogen (secondary N) is 2. The first kappa shape index (κ1) is 20.1. The minimum atomic E-state index is -0.129. The predicted molar refractivity (Wildman–Crippen MR) is 116 cm³/mol. The first-order chi connectivity index (χ1) is 14.5. The van der Waals surface area contributed by atoms with Gasteiger partial charge < -0.3 is 19.8 Å². The van der Waals surface area contributed by atoms with Gasteiger partial charge in [-0.05, 0) is 68.5 Å². The smallest absolute Gasteiger partial charge is 0.326 e. The zero-order valence-corrected chi connectivity index (χ0v) is 17.5. The summed E-state index contributed by atoms with van der Waals surface area (Å²) in [7, 11) is 3.23. The molecule has 1 aliphatic rings. The van der Waals surface area contributed by atoms with Crippen LogP contribution in [0.1, 0.15) is 37.3 Å². The summed E-state index contributed by atoms with van der Waals surface area (Å²) in [5.41, 5.74) is 3.20. The molecular weight excluding hydrogens is 382 g/mol. The fraction of sp³-hybridized carbons (Fsp3) is 0.391. The number of carbonyl (C=O) groups excluding carboxylic acids is 1. The average Bonchev–Trinajstić information content (AvgIpc) is 3.09. The number of fused-ring (bicyclic) bond motifs is 1. The van der Waals surface area contributed by atoms with E-state index >= 15 is 0 Å². The molecule has 3 aromatic rings. The number of H-pyrrole nitrogens is 1. The van der Waals surface area contributed by atoms with Gasteiger partial charge in [0, 0.05) is 17.6 Å². The van der Waals surface area contributed by atoms with Crippen LogP contribution in [0.5, 0.6) is 11.5 Å². The highest BCUT2D eigenvalue weighted by atomic mass is 16.5. The Balaban J connectivity index is 1.45. The molecule has 1 fully saturated rings. The van der Waals surface area contributed by atoms with Crippen LogP contribution < -0.4 is 20.5 Å². The van der Waals surface area contributed by atoms with Crippen molar-refractivity contribution >= 4 is 22.6 Å². The maximum Gasteiger partial charge on any atom is 0.326 e. The van der Waals surface area contributed by atoms with Crippen LogP contribution in [0.25, 0.3) is 11.0 Å². The molecule has 0 saturated heterocycles. The van der Waals surface area contributed by atoms with Crippen LogP contribution in [0.4, 0.5) is 5.69 Å². The lowest BCUT2D eigenvalue weighted by molar-refractivity contribution is -0.121. The molecule has 30 heavy (non-hydrogen) atoms. The van der Waals surface area contributed by atoms with Crippen LogP contribution in [-0.4, -0.2) is 29.7 Å². The highest BCUT2D eigenvalue weighted by Crippen LogP contribution is 2.35. The minimum Gasteiger partial charge on any atom is -0.496 e. The van der Waals surface area contributed by atoms with Gasteiger partial charge in [0.1, 0.15) is 17.0 Å². The van der Waals surface area contributed by atoms with Gasteiger partial charge in [0.15, 0.2) is 0 Å². The molecule has 2 aromatic carbocycles. The number of hydrogen-bond acceptors (Lipinski definition) is 4. The number of anilines is 1. The lowest BCUT2D eigenvalue weighted by Crippen LogP contribution is -2.31. The number of ether oxygens (including phenoxy) is 2. The number of aromatic nitrogens is 2. The molecule has 2 N–H and O–H groups in total. The van der Waals surface area contributed by atoms with Crippen molar-refractivity contribution in [2.24, 2.45) is 5.92 Å². The van der Waals surface area contributed by atoms with Crippen molar-refractivity contribution in [3.05, 3.63) is 52.4 Å². The van der Waals surface area contributed by atoms with Crippen molar-refractivity contribution in [2.75, 3.05) is 19.5 Å². The summed E-state index contributed by atoms with van der Waals surface area (Å²) < 4.78 is 12.5. The third-order valence-corrected chi connectivity index (χ3v) is 6.03. The molecule has 4 rings (SSSR count). The van der Waals surface area contributed by atoms with Crippen LogP contribution in [0.2, 0.25) is 0 Å². The van der Waals surface area contributed by atoms with Crippen molar-refractivity contribution in [3.63, 3.8) is 0 Å². The summed E-state index contributed by atoms with van der Waals surface area (Å²) in [6, 6.07) is 11.4. The number of aromatic amines is 1. The Hall–Kier alpha value is -3.22. The van der Waals surface area contributed by atoms with Crippen LogP contribution in [-0.2, 0) is 4.79 Å². The summed E-state index contributed by atoms with van der Waals surface area (Å²) in [4.78, 5) is 28.3. The van der Waals surface area contributed by atoms with Gasteiger partial charge >= 0.3 is 5.69 Å². The molecule has 0 bridgehead atoms. The number of rotatable bonds is 5. The van der Waals surface area contributed by atoms with E-state index in [2.05, 4.69) is 10.3 Å². The predicted octanol–water partition coefficient (Wildman–Crippen LogP) is 4.03. The van der Waals surface area contributed by atoms with Gasteiger partial charge in [-0.1, -0.05) is 6.07 Å². The molecule has 1 saturated carbocycles. The number of nitrogens with zero attached hydrogens (tertiary/aromatic N) is 1. The van der Waals surface area contributed by atoms with Gasteiger partial charge in [-0.2, -0.15) is 0 Å². The molecule has 0 atom stereocenters. The van der Waals surface area contributed by atoms with Gasteiger partial charge in [0.2, 0.25) is 5.91 Å². The fourth-order valence-corrected chi connectivity index (χ4v) is 4.45. The van der Waals surface area contributed by atoms with E-state index in [-0.39, 0.29) is 23.6 Å². The number of hydrogen-bond donors (Lipinski definition) is 2. The molecule has 0 aliphatic heterocycles. The molecule has 7 heteroatoms. The van der Waals surface area contributed by atoms with Gasteiger partial charge in [0.25, 0.3) is 0 Å². The Morgan fingerprint density at radius 2 is 1.80 bits per heavy atom. The van der Waals surface area contributed by atoms with E-state index in [1.807, 2.05) is 47.9 Å². The molecular formula is C23H27N3O4. The molecule has 1 aliphatic carbocycles. The number of amides is 1. The van der Waals surface area contributed by atoms with Crippen LogP contribution >= 0.6 is 0 Å². The summed E-state index contributed by atoms with van der Waals surface area (Å²) in [6.07, 6.45) is 3.05. The van der Waals surface area contributed by atoms with Crippen LogP contribution in [0, 0.1) is 12.8 Å². The number of benzene rings is 2. The van der Waals surface area contributed by atoms with E-state index in [9.17, 15) is 9.59 Å². The van der Waals surface area contributed by atoms with Crippen LogP contribution in [0.3, 0.4) is 0 Å². The highest BCUT2D eigenvalue weighted by molar-refractivity contribution is 5.92. The molecule has 1 aromatic heterocycles. The number of para-hydroxylation sites is 1. The van der Waals surface area contributed by atoms with E-state index in [1.165, 1.54) is 0 Å². The second kappa shape index (κ2) is 8.26. The Kier molecular flexibility index (Phi) is 5.53. The third-order valence-electron chi connectivity index (χ3n) is 6.03. The lowest BCUT2D eigenvalue weighted by Gasteiger charge is -2.28. The van der Waals surface area contributed by atoms with Gasteiger partial charge in [-0.3, -0.25) is 9.36 Å². The average molecular weight is 409 g/mol. The number of carbonyl (C=O) groups is 1. The summed E-state index contributed by atoms with van der Waals surface area (Å²) >= 11 is 0. The zero-order valence-electron chi connectivity index (χ0n) is 17.5. The number of methoxy groups -OCH3 is 2. The van der Waals surface area contributed by atoms with E-state index < -0.39 is 0 Å². The number of aryl methyl sites for hydroxylation is 1. The lowest BCUT2D eigenvalue weighted by atomic mass is 9.85. The molecule has 0 unspecified atom stereocenters. The quantitative estimate of drug-likeness (QED) is 0.666. The standard InChI is InChI=1S/C23H27N3O4/c1-14-13-16(9-12-19(14)29-2)24-22(27)15-7-10-17(11-8-15)26-18-5-4-6-20(30-3)21(18)25-23(26)28/h4-6,9,12-13,15,17H,7-8,10-11H2,1-3H3,(H,24,27)(H,25,28). The second-order valence-electron chi connectivity index (χ2n) is 7.83. The van der Waals surface area contributed by atoms with Crippen molar-refractivity contribution in [1.29, 1.82) is 0 Å². The maximum atomic E-state index is 12.8. The van der Waals surface area contributed by atoms with Crippen LogP contribution in [0.15, 0.2) is 41.2 Å². The Labute approximate surface area is 175 Å². The fourth-order valence-electron chi connectivity index (χ4n) is 4.45. The van der Waals surface area contributed by atoms with Gasteiger partial charge in [-0.15, -0.1) is 0 Å². The zero-order chi connectivity index (χ0) is 21.3. The molecule has 0 spiro atoms. The number of imidazole rings is 1. The molecule has 0 radical (unpaired) electrons. The SMILES string of the molecule is COc1ccc(NC(=O)C2CCC(n3c(=O)[nH]c4c(OC)cccc43)CC2)cc1C. The van der Waals surface area contributed by atoms with Crippen molar-refractivity contribution < 1.29 is 14.3 Å². The third kappa shape index (κ3) is 3.67. The maximum absolute atomic E-state index is 12.8. The van der Waals surface area contributed by atoms with Gasteiger partial charge in [0.05, 0.1) is 19.7 Å². The Bertz CT molecular complexity index is 1120. The van der Waals surface area contributed by atoms with Crippen molar-refractivity contribution in [3.8, 4) is 11.5 Å². The Morgan fingerprint density at radius 1 is 1.07 bits per heavy atom. The molecule has 7 nitrogen and oxygen atoms in total. The monoisotopic (exact) mass is 409 g/mol. The molecule has 1 heterocycles. The molecule has 1 amide bonds. The minimum absolute atomic E-state index is 0.0333. The topological polar surface area (TPSA) is 85.4 Å². The highest BCUT2D eigenvalue weighted by Gasteiger charge is 2.29. The first-order valence-corrected chi connectivity index (χ1v) is 10.2. The summed E-state index contributed by atoms with van der Waals surface area (Å²) in [5.74, 6) is 1.44. The first-order valence-electron chi connectivity index (χ1n) is 10.2. The normalized spacial score (nSPS) is 18.9. The van der Waals surface area contributed by atoms with Crippen molar-refractivity contribution in [1.82, 2.24) is 9.55 Å². The largest absolute Gasteiger partial charge is 0.496 e. The second-order valence-corrected chi connectivity index (χ2v) is 7.83. The molecule has 158 valence electrons. The summed E-state index contributed by atoms with van der Waals surface area (Å²) in [6.45, 7) is 1.95. The Morgan fingerprint density at radius 3 is 2.47 bits per heavy atom.